The minimum absolute atomic E-state index is 0.153. The minimum atomic E-state index is -0.536. The van der Waals surface area contributed by atoms with Gasteiger partial charge >= 0.3 is 12.1 Å². The number of para-hydroxylation sites is 1. The van der Waals surface area contributed by atoms with Gasteiger partial charge in [-0.25, -0.2) is 19.6 Å². The Bertz CT molecular complexity index is 1290. The van der Waals surface area contributed by atoms with Gasteiger partial charge in [-0.15, -0.1) is 0 Å². The predicted octanol–water partition coefficient (Wildman–Crippen LogP) is 3.79. The summed E-state index contributed by atoms with van der Waals surface area (Å²) in [4.78, 5) is 37.5. The Morgan fingerprint density at radius 2 is 1.77 bits per heavy atom. The number of fused-ring (bicyclic) bond motifs is 3. The zero-order valence-corrected chi connectivity index (χ0v) is 23.5. The predicted molar refractivity (Wildman–Crippen MR) is 152 cm³/mol. The molecule has 11 heteroatoms. The molecule has 3 heterocycles. The number of imidazole rings is 1. The number of pyridine rings is 1. The molecule has 212 valence electrons. The van der Waals surface area contributed by atoms with Crippen LogP contribution in [0, 0.1) is 0 Å². The molecule has 3 N–H and O–H groups in total. The summed E-state index contributed by atoms with van der Waals surface area (Å²) in [6.07, 6.45) is 2.62. The standard InChI is InChI=1S/C28H41N7O4/c1-5-6-11-22-32-23-24(20-9-7-8-10-21(20)31-25(23)29)35(22)17-19-38-18-12-30-26(36)33-13-15-34(16-14-33)27(37)39-28(2,3)4/h7-10H,5-6,11-19H2,1-4H3,(H2,29,31)(H,30,36). The molecule has 0 spiro atoms. The average Bonchev–Trinajstić information content (AvgIpc) is 3.27. The lowest BCUT2D eigenvalue weighted by Crippen LogP contribution is -2.54. The first-order valence-corrected chi connectivity index (χ1v) is 13.8. The number of piperazine rings is 1. The summed E-state index contributed by atoms with van der Waals surface area (Å²) in [6, 6.07) is 7.82. The first-order valence-electron chi connectivity index (χ1n) is 13.8. The molecule has 3 aromatic rings. The summed E-state index contributed by atoms with van der Waals surface area (Å²) in [5.74, 6) is 1.43. The lowest BCUT2D eigenvalue weighted by molar-refractivity contribution is 0.0169. The van der Waals surface area contributed by atoms with E-state index >= 15 is 0 Å². The van der Waals surface area contributed by atoms with Crippen LogP contribution in [-0.4, -0.2) is 88.0 Å². The van der Waals surface area contributed by atoms with Gasteiger partial charge in [-0.05, 0) is 33.3 Å². The monoisotopic (exact) mass is 539 g/mol. The van der Waals surface area contributed by atoms with E-state index in [4.69, 9.17) is 20.2 Å². The molecule has 0 atom stereocenters. The van der Waals surface area contributed by atoms with Crippen molar-refractivity contribution >= 4 is 39.9 Å². The van der Waals surface area contributed by atoms with Crippen LogP contribution in [0.25, 0.3) is 21.9 Å². The van der Waals surface area contributed by atoms with E-state index < -0.39 is 5.60 Å². The van der Waals surface area contributed by atoms with E-state index in [0.717, 1.165) is 47.0 Å². The number of nitrogen functional groups attached to an aromatic ring is 1. The number of nitrogens with zero attached hydrogens (tertiary/aromatic N) is 5. The van der Waals surface area contributed by atoms with Crippen molar-refractivity contribution in [2.24, 2.45) is 0 Å². The minimum Gasteiger partial charge on any atom is -0.444 e. The van der Waals surface area contributed by atoms with E-state index in [2.05, 4.69) is 27.9 Å². The SMILES string of the molecule is CCCCc1nc2c(N)nc3ccccc3c2n1CCOCCNC(=O)N1CCN(C(=O)OC(C)(C)C)CC1. The Kier molecular flexibility index (Phi) is 9.11. The van der Waals surface area contributed by atoms with Crippen molar-refractivity contribution in [2.75, 3.05) is 51.7 Å². The smallest absolute Gasteiger partial charge is 0.410 e. The van der Waals surface area contributed by atoms with E-state index in [0.29, 0.717) is 58.3 Å². The molecule has 1 aromatic carbocycles. The van der Waals surface area contributed by atoms with Gasteiger partial charge in [0.15, 0.2) is 5.82 Å². The second kappa shape index (κ2) is 12.5. The fourth-order valence-electron chi connectivity index (χ4n) is 4.69. The van der Waals surface area contributed by atoms with Crippen molar-refractivity contribution < 1.29 is 19.1 Å². The number of carbonyl (C=O) groups excluding carboxylic acids is 2. The van der Waals surface area contributed by atoms with Crippen molar-refractivity contribution in [2.45, 2.75) is 59.1 Å². The van der Waals surface area contributed by atoms with Gasteiger partial charge in [-0.1, -0.05) is 31.5 Å². The molecule has 3 amide bonds. The van der Waals surface area contributed by atoms with E-state index in [1.807, 2.05) is 39.0 Å². The molecule has 1 saturated heterocycles. The normalized spacial score (nSPS) is 14.3. The number of rotatable bonds is 9. The van der Waals surface area contributed by atoms with Crippen molar-refractivity contribution in [1.29, 1.82) is 0 Å². The molecule has 0 bridgehead atoms. The number of carbonyl (C=O) groups is 2. The van der Waals surface area contributed by atoms with Gasteiger partial charge in [0.25, 0.3) is 0 Å². The zero-order valence-electron chi connectivity index (χ0n) is 23.5. The first-order chi connectivity index (χ1) is 18.7. The van der Waals surface area contributed by atoms with Crippen LogP contribution >= 0.6 is 0 Å². The van der Waals surface area contributed by atoms with Gasteiger partial charge < -0.3 is 34.9 Å². The van der Waals surface area contributed by atoms with Crippen molar-refractivity contribution in [3.8, 4) is 0 Å². The van der Waals surface area contributed by atoms with E-state index in [9.17, 15) is 9.59 Å². The van der Waals surface area contributed by atoms with E-state index in [1.54, 1.807) is 9.80 Å². The van der Waals surface area contributed by atoms with Crippen LogP contribution in [0.1, 0.15) is 46.4 Å². The van der Waals surface area contributed by atoms with Crippen molar-refractivity contribution in [1.82, 2.24) is 29.7 Å². The molecule has 1 fully saturated rings. The molecular formula is C28H41N7O4. The molecule has 11 nitrogen and oxygen atoms in total. The van der Waals surface area contributed by atoms with E-state index in [-0.39, 0.29) is 12.1 Å². The number of aromatic nitrogens is 3. The van der Waals surface area contributed by atoms with Gasteiger partial charge in [0, 0.05) is 51.1 Å². The maximum absolute atomic E-state index is 12.6. The number of hydrogen-bond donors (Lipinski definition) is 2. The first kappa shape index (κ1) is 28.4. The quantitative estimate of drug-likeness (QED) is 0.396. The molecule has 1 aliphatic heterocycles. The van der Waals surface area contributed by atoms with Gasteiger partial charge in [-0.2, -0.15) is 0 Å². The molecule has 2 aromatic heterocycles. The van der Waals surface area contributed by atoms with E-state index in [1.165, 1.54) is 0 Å². The molecule has 0 aliphatic carbocycles. The summed E-state index contributed by atoms with van der Waals surface area (Å²) in [5.41, 5.74) is 8.32. The second-order valence-corrected chi connectivity index (χ2v) is 10.8. The fraction of sp³-hybridized carbons (Fsp3) is 0.571. The maximum Gasteiger partial charge on any atom is 0.410 e. The van der Waals surface area contributed by atoms with Crippen LogP contribution in [0.5, 0.6) is 0 Å². The third-order valence-electron chi connectivity index (χ3n) is 6.64. The van der Waals surface area contributed by atoms with Crippen LogP contribution in [0.15, 0.2) is 24.3 Å². The number of anilines is 1. The second-order valence-electron chi connectivity index (χ2n) is 10.8. The molecular weight excluding hydrogens is 498 g/mol. The zero-order chi connectivity index (χ0) is 28.0. The number of benzene rings is 1. The van der Waals surface area contributed by atoms with Gasteiger partial charge in [0.1, 0.15) is 16.9 Å². The summed E-state index contributed by atoms with van der Waals surface area (Å²) in [5, 5.41) is 3.94. The summed E-state index contributed by atoms with van der Waals surface area (Å²) in [7, 11) is 0. The molecule has 0 radical (unpaired) electrons. The Morgan fingerprint density at radius 3 is 2.49 bits per heavy atom. The lowest BCUT2D eigenvalue weighted by Gasteiger charge is -2.35. The molecule has 4 rings (SSSR count). The third-order valence-corrected chi connectivity index (χ3v) is 6.64. The Balaban J connectivity index is 1.27. The number of urea groups is 1. The average molecular weight is 540 g/mol. The molecule has 1 aliphatic rings. The highest BCUT2D eigenvalue weighted by molar-refractivity contribution is 6.06. The Labute approximate surface area is 229 Å². The lowest BCUT2D eigenvalue weighted by atomic mass is 10.2. The number of aryl methyl sites for hydroxylation is 1. The molecule has 0 unspecified atom stereocenters. The van der Waals surface area contributed by atoms with Gasteiger partial charge in [-0.3, -0.25) is 0 Å². The highest BCUT2D eigenvalue weighted by Crippen LogP contribution is 2.29. The largest absolute Gasteiger partial charge is 0.444 e. The van der Waals surface area contributed by atoms with Crippen LogP contribution in [0.3, 0.4) is 0 Å². The highest BCUT2D eigenvalue weighted by Gasteiger charge is 2.27. The number of hydrogen-bond acceptors (Lipinski definition) is 7. The van der Waals surface area contributed by atoms with Crippen molar-refractivity contribution in [3.63, 3.8) is 0 Å². The van der Waals surface area contributed by atoms with Gasteiger partial charge in [0.2, 0.25) is 0 Å². The fourth-order valence-corrected chi connectivity index (χ4v) is 4.69. The number of nitrogens with two attached hydrogens (primary N) is 1. The molecule has 39 heavy (non-hydrogen) atoms. The van der Waals surface area contributed by atoms with Crippen LogP contribution in [0.2, 0.25) is 0 Å². The Hall–Kier alpha value is -3.60. The maximum atomic E-state index is 12.6. The Morgan fingerprint density at radius 1 is 1.05 bits per heavy atom. The van der Waals surface area contributed by atoms with Crippen LogP contribution in [-0.2, 0) is 22.4 Å². The van der Waals surface area contributed by atoms with Gasteiger partial charge in [0.05, 0.1) is 24.2 Å². The highest BCUT2D eigenvalue weighted by atomic mass is 16.6. The summed E-state index contributed by atoms with van der Waals surface area (Å²) < 4.78 is 13.5. The molecule has 0 saturated carbocycles. The van der Waals surface area contributed by atoms with Crippen molar-refractivity contribution in [3.05, 3.63) is 30.1 Å². The number of amides is 3. The summed E-state index contributed by atoms with van der Waals surface area (Å²) >= 11 is 0. The third kappa shape index (κ3) is 7.08. The topological polar surface area (TPSA) is 128 Å². The summed E-state index contributed by atoms with van der Waals surface area (Å²) in [6.45, 7) is 11.4. The van der Waals surface area contributed by atoms with Crippen LogP contribution < -0.4 is 11.1 Å². The number of ether oxygens (including phenoxy) is 2. The van der Waals surface area contributed by atoms with Crippen LogP contribution in [0.4, 0.5) is 15.4 Å². The number of nitrogens with one attached hydrogen (secondary N) is 1. The number of unbranched alkanes of at least 4 members (excludes halogenated alkanes) is 1.